The summed E-state index contributed by atoms with van der Waals surface area (Å²) in [6, 6.07) is 13.2. The minimum atomic E-state index is -0.344. The molecule has 0 bridgehead atoms. The van der Waals surface area contributed by atoms with E-state index in [4.69, 9.17) is 4.74 Å². The number of halogens is 1. The first-order valence-corrected chi connectivity index (χ1v) is 8.13. The van der Waals surface area contributed by atoms with Crippen LogP contribution in [0.3, 0.4) is 0 Å². The first-order valence-electron chi connectivity index (χ1n) is 8.13. The van der Waals surface area contributed by atoms with Crippen LogP contribution in [0.5, 0.6) is 5.75 Å². The molecule has 0 unspecified atom stereocenters. The van der Waals surface area contributed by atoms with E-state index in [2.05, 4.69) is 10.1 Å². The molecule has 1 atom stereocenters. The van der Waals surface area contributed by atoms with Crippen molar-refractivity contribution < 1.29 is 13.9 Å². The molecule has 0 saturated heterocycles. The number of ether oxygens (including phenoxy) is 1. The van der Waals surface area contributed by atoms with Gasteiger partial charge >= 0.3 is 0 Å². The van der Waals surface area contributed by atoms with Crippen molar-refractivity contribution in [2.45, 2.75) is 13.0 Å². The van der Waals surface area contributed by atoms with E-state index in [9.17, 15) is 9.18 Å². The van der Waals surface area contributed by atoms with Crippen molar-refractivity contribution in [1.29, 1.82) is 0 Å². The van der Waals surface area contributed by atoms with Crippen molar-refractivity contribution in [2.24, 2.45) is 0 Å². The van der Waals surface area contributed by atoms with Gasteiger partial charge in [-0.25, -0.2) is 14.1 Å². The first kappa shape index (κ1) is 17.6. The Morgan fingerprint density at radius 3 is 2.50 bits per heavy atom. The van der Waals surface area contributed by atoms with Gasteiger partial charge in [0.1, 0.15) is 24.2 Å². The summed E-state index contributed by atoms with van der Waals surface area (Å²) in [4.78, 5) is 17.9. The zero-order valence-corrected chi connectivity index (χ0v) is 14.5. The van der Waals surface area contributed by atoms with Crippen LogP contribution in [0.4, 0.5) is 4.39 Å². The molecule has 1 heterocycles. The zero-order chi connectivity index (χ0) is 18.5. The van der Waals surface area contributed by atoms with Crippen LogP contribution in [-0.2, 0) is 4.79 Å². The number of nitrogens with zero attached hydrogens (tertiary/aromatic N) is 4. The highest BCUT2D eigenvalue weighted by Gasteiger charge is 2.18. The summed E-state index contributed by atoms with van der Waals surface area (Å²) in [5.41, 5.74) is 1.89. The summed E-state index contributed by atoms with van der Waals surface area (Å²) in [6.45, 7) is 1.84. The fourth-order valence-corrected chi connectivity index (χ4v) is 2.46. The summed E-state index contributed by atoms with van der Waals surface area (Å²) >= 11 is 0. The van der Waals surface area contributed by atoms with E-state index in [1.807, 2.05) is 31.2 Å². The number of carbonyl (C=O) groups is 1. The molecule has 7 heteroatoms. The summed E-state index contributed by atoms with van der Waals surface area (Å²) in [5.74, 6) is -0.0519. The van der Waals surface area contributed by atoms with Crippen molar-refractivity contribution in [2.75, 3.05) is 13.7 Å². The average Bonchev–Trinajstić information content (AvgIpc) is 3.21. The molecule has 0 aliphatic rings. The maximum absolute atomic E-state index is 12.9. The maximum atomic E-state index is 12.9. The lowest BCUT2D eigenvalue weighted by atomic mass is 10.1. The molecule has 0 N–H and O–H groups in total. The van der Waals surface area contributed by atoms with Gasteiger partial charge in [-0.2, -0.15) is 5.10 Å². The number of aromatic nitrogens is 3. The van der Waals surface area contributed by atoms with E-state index < -0.39 is 0 Å². The Hall–Kier alpha value is -3.22. The normalized spacial score (nSPS) is 11.8. The van der Waals surface area contributed by atoms with Gasteiger partial charge in [0.2, 0.25) is 0 Å². The number of amides is 1. The molecule has 0 radical (unpaired) electrons. The van der Waals surface area contributed by atoms with Gasteiger partial charge in [0.25, 0.3) is 5.91 Å². The van der Waals surface area contributed by atoms with E-state index in [1.54, 1.807) is 23.0 Å². The Morgan fingerprint density at radius 2 is 1.88 bits per heavy atom. The molecule has 0 spiro atoms. The Kier molecular flexibility index (Phi) is 5.26. The fourth-order valence-electron chi connectivity index (χ4n) is 2.46. The second-order valence-electron chi connectivity index (χ2n) is 5.85. The van der Waals surface area contributed by atoms with Gasteiger partial charge in [-0.15, -0.1) is 0 Å². The molecule has 1 amide bonds. The van der Waals surface area contributed by atoms with Crippen LogP contribution < -0.4 is 4.74 Å². The third-order valence-corrected chi connectivity index (χ3v) is 4.21. The smallest absolute Gasteiger partial charge is 0.260 e. The van der Waals surface area contributed by atoms with Gasteiger partial charge in [-0.3, -0.25) is 4.79 Å². The summed E-state index contributed by atoms with van der Waals surface area (Å²) in [6.07, 6.45) is 3.10. The van der Waals surface area contributed by atoms with Gasteiger partial charge < -0.3 is 9.64 Å². The topological polar surface area (TPSA) is 60.2 Å². The summed E-state index contributed by atoms with van der Waals surface area (Å²) < 4.78 is 20.0. The lowest BCUT2D eigenvalue weighted by Gasteiger charge is -2.25. The minimum Gasteiger partial charge on any atom is -0.484 e. The molecule has 1 aromatic heterocycles. The summed E-state index contributed by atoms with van der Waals surface area (Å²) in [5, 5.41) is 4.08. The third kappa shape index (κ3) is 4.05. The van der Waals surface area contributed by atoms with E-state index in [-0.39, 0.29) is 24.4 Å². The Morgan fingerprint density at radius 1 is 1.19 bits per heavy atom. The van der Waals surface area contributed by atoms with E-state index in [0.29, 0.717) is 5.75 Å². The molecule has 0 fully saturated rings. The lowest BCUT2D eigenvalue weighted by molar-refractivity contribution is -0.134. The van der Waals surface area contributed by atoms with Gasteiger partial charge in [-0.05, 0) is 48.9 Å². The highest BCUT2D eigenvalue weighted by Crippen LogP contribution is 2.20. The van der Waals surface area contributed by atoms with Gasteiger partial charge in [0.05, 0.1) is 11.7 Å². The van der Waals surface area contributed by atoms with Crippen molar-refractivity contribution >= 4 is 5.91 Å². The molecule has 26 heavy (non-hydrogen) atoms. The minimum absolute atomic E-state index is 0.108. The van der Waals surface area contributed by atoms with Crippen LogP contribution in [0.2, 0.25) is 0 Å². The van der Waals surface area contributed by atoms with Gasteiger partial charge in [0, 0.05) is 7.05 Å². The third-order valence-electron chi connectivity index (χ3n) is 4.21. The highest BCUT2D eigenvalue weighted by molar-refractivity contribution is 5.78. The molecule has 134 valence electrons. The van der Waals surface area contributed by atoms with Crippen molar-refractivity contribution in [3.05, 3.63) is 72.6 Å². The lowest BCUT2D eigenvalue weighted by Crippen LogP contribution is -2.33. The monoisotopic (exact) mass is 354 g/mol. The second-order valence-corrected chi connectivity index (χ2v) is 5.85. The molecule has 0 aliphatic heterocycles. The van der Waals surface area contributed by atoms with Gasteiger partial charge in [-0.1, -0.05) is 12.1 Å². The average molecular weight is 354 g/mol. The van der Waals surface area contributed by atoms with Crippen molar-refractivity contribution in [3.8, 4) is 11.4 Å². The van der Waals surface area contributed by atoms with Crippen LogP contribution in [0.1, 0.15) is 18.5 Å². The van der Waals surface area contributed by atoms with Crippen LogP contribution in [-0.4, -0.2) is 39.2 Å². The Bertz CT molecular complexity index is 848. The second kappa shape index (κ2) is 7.77. The predicted octanol–water partition coefficient (Wildman–Crippen LogP) is 3.00. The number of hydrogen-bond acceptors (Lipinski definition) is 4. The quantitative estimate of drug-likeness (QED) is 0.683. The van der Waals surface area contributed by atoms with Crippen molar-refractivity contribution in [3.63, 3.8) is 0 Å². The number of rotatable bonds is 6. The van der Waals surface area contributed by atoms with Gasteiger partial charge in [0.15, 0.2) is 6.61 Å². The Balaban J connectivity index is 1.60. The molecule has 3 aromatic rings. The molecular formula is C19H19FN4O2. The molecule has 2 aromatic carbocycles. The van der Waals surface area contributed by atoms with Crippen LogP contribution in [0.25, 0.3) is 5.69 Å². The predicted molar refractivity (Wildman–Crippen MR) is 94.4 cm³/mol. The van der Waals surface area contributed by atoms with Crippen LogP contribution >= 0.6 is 0 Å². The van der Waals surface area contributed by atoms with Crippen LogP contribution in [0.15, 0.2) is 61.2 Å². The number of carbonyl (C=O) groups excluding carboxylic acids is 1. The van der Waals surface area contributed by atoms with E-state index >= 15 is 0 Å². The molecule has 0 saturated carbocycles. The molecule has 6 nitrogen and oxygen atoms in total. The van der Waals surface area contributed by atoms with E-state index in [1.165, 1.54) is 30.6 Å². The van der Waals surface area contributed by atoms with Crippen molar-refractivity contribution in [1.82, 2.24) is 19.7 Å². The molecule has 0 aliphatic carbocycles. The SMILES string of the molecule is C[C@H](c1ccc(-n2cncn2)cc1)N(C)C(=O)COc1ccc(F)cc1. The highest BCUT2D eigenvalue weighted by atomic mass is 19.1. The number of benzene rings is 2. The fraction of sp³-hybridized carbons (Fsp3) is 0.211. The largest absolute Gasteiger partial charge is 0.484 e. The van der Waals surface area contributed by atoms with Crippen LogP contribution in [0, 0.1) is 5.82 Å². The standard InChI is InChI=1S/C19H19FN4O2/c1-14(15-3-7-17(8-4-15)24-13-21-12-22-24)23(2)19(25)11-26-18-9-5-16(20)6-10-18/h3-10,12-14H,11H2,1-2H3/t14-/m1/s1. The molecule has 3 rings (SSSR count). The Labute approximate surface area is 150 Å². The number of likely N-dealkylation sites (N-methyl/N-ethyl adjacent to an activating group) is 1. The number of hydrogen-bond donors (Lipinski definition) is 0. The van der Waals surface area contributed by atoms with E-state index in [0.717, 1.165) is 11.3 Å². The maximum Gasteiger partial charge on any atom is 0.260 e. The molecular weight excluding hydrogens is 335 g/mol. The zero-order valence-electron chi connectivity index (χ0n) is 14.5. The first-order chi connectivity index (χ1) is 12.5. The summed E-state index contributed by atoms with van der Waals surface area (Å²) in [7, 11) is 1.73.